The van der Waals surface area contributed by atoms with Gasteiger partial charge in [0.1, 0.15) is 5.76 Å². The molecule has 3 nitrogen and oxygen atoms in total. The molecule has 1 N–H and O–H groups in total. The van der Waals surface area contributed by atoms with E-state index in [1.807, 2.05) is 0 Å². The molecule has 0 aliphatic rings. The van der Waals surface area contributed by atoms with Crippen LogP contribution in [0.1, 0.15) is 22.9 Å². The average Bonchev–Trinajstić information content (AvgIpc) is 2.66. The minimum Gasteiger partial charge on any atom is -0.444 e. The maximum absolute atomic E-state index is 12.9. The van der Waals surface area contributed by atoms with Gasteiger partial charge in [-0.25, -0.2) is 4.98 Å². The lowest BCUT2D eigenvalue weighted by Crippen LogP contribution is -2.11. The number of anilines is 1. The maximum atomic E-state index is 12.9. The van der Waals surface area contributed by atoms with Gasteiger partial charge >= 0.3 is 6.18 Å². The maximum Gasteiger partial charge on any atom is 0.418 e. The van der Waals surface area contributed by atoms with Crippen LogP contribution in [0.15, 0.2) is 22.6 Å². The summed E-state index contributed by atoms with van der Waals surface area (Å²) < 4.78 is 44.0. The summed E-state index contributed by atoms with van der Waals surface area (Å²) in [4.78, 5) is 4.10. The Morgan fingerprint density at radius 2 is 2.00 bits per heavy atom. The molecule has 0 atom stereocenters. The summed E-state index contributed by atoms with van der Waals surface area (Å²) in [6, 6.07) is 3.56. The molecule has 2 rings (SSSR count). The van der Waals surface area contributed by atoms with Gasteiger partial charge in [-0.05, 0) is 32.0 Å². The molecule has 0 saturated heterocycles. The van der Waals surface area contributed by atoms with Gasteiger partial charge < -0.3 is 9.73 Å². The van der Waals surface area contributed by atoms with Gasteiger partial charge in [0.15, 0.2) is 0 Å². The third-order valence-corrected chi connectivity index (χ3v) is 3.02. The Morgan fingerprint density at radius 3 is 2.55 bits per heavy atom. The number of aromatic nitrogens is 1. The first-order valence-corrected chi connectivity index (χ1v) is 6.18. The third kappa shape index (κ3) is 3.25. The number of benzene rings is 1. The molecule has 0 bridgehead atoms. The highest BCUT2D eigenvalue weighted by Gasteiger charge is 2.33. The Hall–Kier alpha value is -1.69. The Balaban J connectivity index is 2.21. The van der Waals surface area contributed by atoms with Crippen molar-refractivity contribution in [3.63, 3.8) is 0 Å². The van der Waals surface area contributed by atoms with Gasteiger partial charge in [-0.3, -0.25) is 0 Å². The van der Waals surface area contributed by atoms with Crippen LogP contribution in [0.4, 0.5) is 18.9 Å². The van der Waals surface area contributed by atoms with Crippen LogP contribution in [0.5, 0.6) is 0 Å². The highest BCUT2D eigenvalue weighted by molar-refractivity contribution is 6.30. The summed E-state index contributed by atoms with van der Waals surface area (Å²) in [6.07, 6.45) is -4.48. The Bertz CT molecular complexity index is 603. The monoisotopic (exact) mass is 304 g/mol. The van der Waals surface area contributed by atoms with E-state index in [0.717, 1.165) is 6.07 Å². The smallest absolute Gasteiger partial charge is 0.418 e. The summed E-state index contributed by atoms with van der Waals surface area (Å²) in [7, 11) is 0. The summed E-state index contributed by atoms with van der Waals surface area (Å²) in [5.41, 5.74) is -0.158. The molecule has 108 valence electrons. The minimum absolute atomic E-state index is 0.0330. The summed E-state index contributed by atoms with van der Waals surface area (Å²) >= 11 is 5.61. The van der Waals surface area contributed by atoms with Gasteiger partial charge in [-0.1, -0.05) is 11.6 Å². The van der Waals surface area contributed by atoms with E-state index in [1.165, 1.54) is 12.1 Å². The van der Waals surface area contributed by atoms with E-state index in [0.29, 0.717) is 17.3 Å². The second kappa shape index (κ2) is 5.36. The molecule has 2 aromatic rings. The number of oxazole rings is 1. The molecule has 0 unspecified atom stereocenters. The van der Waals surface area contributed by atoms with Crippen molar-refractivity contribution in [1.82, 2.24) is 4.98 Å². The van der Waals surface area contributed by atoms with Crippen LogP contribution in [0, 0.1) is 13.8 Å². The largest absolute Gasteiger partial charge is 0.444 e. The number of rotatable bonds is 3. The predicted octanol–water partition coefficient (Wildman–Crippen LogP) is 4.58. The van der Waals surface area contributed by atoms with Crippen LogP contribution in [0.25, 0.3) is 0 Å². The van der Waals surface area contributed by atoms with Crippen LogP contribution in [0.3, 0.4) is 0 Å². The standard InChI is InChI=1S/C13H12ClF3N2O/c1-7-8(2)20-12(19-7)6-18-11-4-3-9(14)5-10(11)13(15,16)17/h3-5,18H,6H2,1-2H3. The van der Waals surface area contributed by atoms with Crippen LogP contribution >= 0.6 is 11.6 Å². The normalized spacial score (nSPS) is 11.7. The second-order valence-corrected chi connectivity index (χ2v) is 4.73. The molecule has 0 aliphatic carbocycles. The van der Waals surface area contributed by atoms with Crippen LogP contribution in [-0.4, -0.2) is 4.98 Å². The zero-order valence-corrected chi connectivity index (χ0v) is 11.6. The predicted molar refractivity (Wildman–Crippen MR) is 69.8 cm³/mol. The van der Waals surface area contributed by atoms with Gasteiger partial charge in [-0.15, -0.1) is 0 Å². The minimum atomic E-state index is -4.48. The van der Waals surface area contributed by atoms with E-state index in [2.05, 4.69) is 10.3 Å². The van der Waals surface area contributed by atoms with Crippen molar-refractivity contribution < 1.29 is 17.6 Å². The van der Waals surface area contributed by atoms with Gasteiger partial charge in [0, 0.05) is 10.7 Å². The van der Waals surface area contributed by atoms with Crippen molar-refractivity contribution in [1.29, 1.82) is 0 Å². The first-order chi connectivity index (χ1) is 9.27. The van der Waals surface area contributed by atoms with Gasteiger partial charge in [0.2, 0.25) is 5.89 Å². The molecule has 20 heavy (non-hydrogen) atoms. The first kappa shape index (κ1) is 14.7. The number of hydrogen-bond acceptors (Lipinski definition) is 3. The lowest BCUT2D eigenvalue weighted by Gasteiger charge is -2.14. The van der Waals surface area contributed by atoms with Crippen LogP contribution < -0.4 is 5.32 Å². The van der Waals surface area contributed by atoms with Crippen molar-refractivity contribution in [3.05, 3.63) is 46.1 Å². The van der Waals surface area contributed by atoms with Crippen LogP contribution in [-0.2, 0) is 12.7 Å². The Labute approximate surface area is 118 Å². The number of nitrogens with zero attached hydrogens (tertiary/aromatic N) is 1. The molecule has 0 amide bonds. The summed E-state index contributed by atoms with van der Waals surface area (Å²) in [5, 5.41) is 2.70. The highest BCUT2D eigenvalue weighted by Crippen LogP contribution is 2.36. The lowest BCUT2D eigenvalue weighted by molar-refractivity contribution is -0.137. The second-order valence-electron chi connectivity index (χ2n) is 4.29. The van der Waals surface area contributed by atoms with Crippen molar-refractivity contribution in [2.45, 2.75) is 26.6 Å². The van der Waals surface area contributed by atoms with E-state index >= 15 is 0 Å². The molecular formula is C13H12ClF3N2O. The molecule has 1 aromatic carbocycles. The molecular weight excluding hydrogens is 293 g/mol. The van der Waals surface area contributed by atoms with E-state index in [-0.39, 0.29) is 17.3 Å². The Morgan fingerprint density at radius 1 is 1.30 bits per heavy atom. The first-order valence-electron chi connectivity index (χ1n) is 5.81. The number of nitrogens with one attached hydrogen (secondary N) is 1. The number of alkyl halides is 3. The zero-order chi connectivity index (χ0) is 14.9. The van der Waals surface area contributed by atoms with E-state index in [9.17, 15) is 13.2 Å². The van der Waals surface area contributed by atoms with Crippen LogP contribution in [0.2, 0.25) is 5.02 Å². The van der Waals surface area contributed by atoms with Crippen molar-refractivity contribution >= 4 is 17.3 Å². The molecule has 0 saturated carbocycles. The van der Waals surface area contributed by atoms with E-state index < -0.39 is 11.7 Å². The average molecular weight is 305 g/mol. The third-order valence-electron chi connectivity index (χ3n) is 2.79. The topological polar surface area (TPSA) is 38.1 Å². The van der Waals surface area contributed by atoms with E-state index in [1.54, 1.807) is 13.8 Å². The molecule has 7 heteroatoms. The number of aryl methyl sites for hydroxylation is 2. The van der Waals surface area contributed by atoms with Gasteiger partial charge in [-0.2, -0.15) is 13.2 Å². The fourth-order valence-electron chi connectivity index (χ4n) is 1.69. The van der Waals surface area contributed by atoms with Crippen molar-refractivity contribution in [2.24, 2.45) is 0 Å². The molecule has 0 fully saturated rings. The van der Waals surface area contributed by atoms with Crippen molar-refractivity contribution in [3.8, 4) is 0 Å². The van der Waals surface area contributed by atoms with Crippen molar-refractivity contribution in [2.75, 3.05) is 5.32 Å². The lowest BCUT2D eigenvalue weighted by atomic mass is 10.1. The fraction of sp³-hybridized carbons (Fsp3) is 0.308. The fourth-order valence-corrected chi connectivity index (χ4v) is 1.86. The zero-order valence-electron chi connectivity index (χ0n) is 10.8. The molecule has 1 heterocycles. The molecule has 0 aliphatic heterocycles. The SMILES string of the molecule is Cc1nc(CNc2ccc(Cl)cc2C(F)(F)F)oc1C. The summed E-state index contributed by atoms with van der Waals surface area (Å²) in [6.45, 7) is 3.58. The quantitative estimate of drug-likeness (QED) is 0.902. The molecule has 0 spiro atoms. The van der Waals surface area contributed by atoms with Gasteiger partial charge in [0.05, 0.1) is 17.8 Å². The molecule has 0 radical (unpaired) electrons. The van der Waals surface area contributed by atoms with Gasteiger partial charge in [0.25, 0.3) is 0 Å². The summed E-state index contributed by atoms with van der Waals surface area (Å²) in [5.74, 6) is 0.983. The highest BCUT2D eigenvalue weighted by atomic mass is 35.5. The number of halogens is 4. The van der Waals surface area contributed by atoms with E-state index in [4.69, 9.17) is 16.0 Å². The number of hydrogen-bond donors (Lipinski definition) is 1. The Kier molecular flexibility index (Phi) is 3.94. The molecule has 1 aromatic heterocycles.